The SMILES string of the molecule is COc1cc(SC)c(OC)cc1CCCC(C)=O. The highest BCUT2D eigenvalue weighted by Crippen LogP contribution is 2.35. The lowest BCUT2D eigenvalue weighted by molar-refractivity contribution is -0.117. The van der Waals surface area contributed by atoms with Crippen molar-refractivity contribution in [3.63, 3.8) is 0 Å². The lowest BCUT2D eigenvalue weighted by Gasteiger charge is -2.13. The number of ether oxygens (including phenoxy) is 2. The maximum Gasteiger partial charge on any atom is 0.132 e. The van der Waals surface area contributed by atoms with Gasteiger partial charge in [-0.2, -0.15) is 0 Å². The van der Waals surface area contributed by atoms with Crippen LogP contribution in [0.3, 0.4) is 0 Å². The normalized spacial score (nSPS) is 10.2. The van der Waals surface area contributed by atoms with Gasteiger partial charge in [-0.25, -0.2) is 0 Å². The van der Waals surface area contributed by atoms with Crippen LogP contribution >= 0.6 is 11.8 Å². The zero-order valence-corrected chi connectivity index (χ0v) is 12.2. The Morgan fingerprint density at radius 1 is 1.22 bits per heavy atom. The molecule has 1 aromatic rings. The molecule has 0 N–H and O–H groups in total. The molecular formula is C14H20O3S. The van der Waals surface area contributed by atoms with E-state index in [1.54, 1.807) is 32.9 Å². The van der Waals surface area contributed by atoms with Crippen molar-refractivity contribution >= 4 is 17.5 Å². The number of methoxy groups -OCH3 is 2. The Morgan fingerprint density at radius 3 is 2.39 bits per heavy atom. The summed E-state index contributed by atoms with van der Waals surface area (Å²) in [6.45, 7) is 1.62. The Hall–Kier alpha value is -1.16. The Labute approximate surface area is 113 Å². The monoisotopic (exact) mass is 268 g/mol. The molecule has 0 radical (unpaired) electrons. The third-order valence-electron chi connectivity index (χ3n) is 2.76. The standard InChI is InChI=1S/C14H20O3S/c1-10(15)6-5-7-11-8-13(17-3)14(18-4)9-12(11)16-2/h8-9H,5-7H2,1-4H3. The fourth-order valence-corrected chi connectivity index (χ4v) is 2.38. The van der Waals surface area contributed by atoms with Gasteiger partial charge in [0.15, 0.2) is 0 Å². The molecular weight excluding hydrogens is 248 g/mol. The van der Waals surface area contributed by atoms with Crippen LogP contribution < -0.4 is 9.47 Å². The molecule has 0 atom stereocenters. The first kappa shape index (κ1) is 14.9. The maximum absolute atomic E-state index is 11.0. The number of thioether (sulfide) groups is 1. The van der Waals surface area contributed by atoms with E-state index in [4.69, 9.17) is 9.47 Å². The smallest absolute Gasteiger partial charge is 0.132 e. The number of ketones is 1. The van der Waals surface area contributed by atoms with Crippen molar-refractivity contribution in [3.05, 3.63) is 17.7 Å². The molecule has 0 saturated heterocycles. The van der Waals surface area contributed by atoms with Crippen molar-refractivity contribution in [2.75, 3.05) is 20.5 Å². The fourth-order valence-electron chi connectivity index (χ4n) is 1.82. The second-order valence-electron chi connectivity index (χ2n) is 4.07. The summed E-state index contributed by atoms with van der Waals surface area (Å²) in [4.78, 5) is 12.0. The second kappa shape index (κ2) is 7.31. The van der Waals surface area contributed by atoms with Gasteiger partial charge >= 0.3 is 0 Å². The van der Waals surface area contributed by atoms with E-state index in [-0.39, 0.29) is 5.78 Å². The van der Waals surface area contributed by atoms with Crippen LogP contribution in [0.4, 0.5) is 0 Å². The lowest BCUT2D eigenvalue weighted by atomic mass is 10.1. The second-order valence-corrected chi connectivity index (χ2v) is 4.92. The average molecular weight is 268 g/mol. The van der Waals surface area contributed by atoms with Gasteiger partial charge in [-0.1, -0.05) is 0 Å². The Morgan fingerprint density at radius 2 is 1.89 bits per heavy atom. The van der Waals surface area contributed by atoms with Gasteiger partial charge in [-0.3, -0.25) is 0 Å². The largest absolute Gasteiger partial charge is 0.496 e. The quantitative estimate of drug-likeness (QED) is 0.711. The van der Waals surface area contributed by atoms with E-state index in [0.29, 0.717) is 6.42 Å². The van der Waals surface area contributed by atoms with Crippen LogP contribution in [0.15, 0.2) is 17.0 Å². The zero-order chi connectivity index (χ0) is 13.5. The highest BCUT2D eigenvalue weighted by molar-refractivity contribution is 7.98. The van der Waals surface area contributed by atoms with Crippen molar-refractivity contribution < 1.29 is 14.3 Å². The number of hydrogen-bond donors (Lipinski definition) is 0. The fraction of sp³-hybridized carbons (Fsp3) is 0.500. The molecule has 0 aliphatic heterocycles. The third kappa shape index (κ3) is 3.95. The number of carbonyl (C=O) groups excluding carboxylic acids is 1. The molecule has 3 nitrogen and oxygen atoms in total. The zero-order valence-electron chi connectivity index (χ0n) is 11.4. The lowest BCUT2D eigenvalue weighted by Crippen LogP contribution is -1.98. The van der Waals surface area contributed by atoms with E-state index < -0.39 is 0 Å². The number of carbonyl (C=O) groups is 1. The topological polar surface area (TPSA) is 35.5 Å². The highest BCUT2D eigenvalue weighted by atomic mass is 32.2. The number of aryl methyl sites for hydroxylation is 1. The van der Waals surface area contributed by atoms with Crippen LogP contribution in [0.5, 0.6) is 11.5 Å². The molecule has 0 unspecified atom stereocenters. The van der Waals surface area contributed by atoms with E-state index in [1.165, 1.54) is 0 Å². The van der Waals surface area contributed by atoms with Gasteiger partial charge in [-0.05, 0) is 43.7 Å². The highest BCUT2D eigenvalue weighted by Gasteiger charge is 2.10. The van der Waals surface area contributed by atoms with E-state index in [9.17, 15) is 4.79 Å². The summed E-state index contributed by atoms with van der Waals surface area (Å²) in [6, 6.07) is 4.00. The first-order valence-electron chi connectivity index (χ1n) is 5.90. The van der Waals surface area contributed by atoms with E-state index in [2.05, 4.69) is 0 Å². The third-order valence-corrected chi connectivity index (χ3v) is 3.52. The minimum Gasteiger partial charge on any atom is -0.496 e. The van der Waals surface area contributed by atoms with Gasteiger partial charge in [0.25, 0.3) is 0 Å². The summed E-state index contributed by atoms with van der Waals surface area (Å²) in [5.41, 5.74) is 1.09. The van der Waals surface area contributed by atoms with Crippen molar-refractivity contribution in [1.29, 1.82) is 0 Å². The van der Waals surface area contributed by atoms with Gasteiger partial charge in [0, 0.05) is 6.42 Å². The van der Waals surface area contributed by atoms with Crippen LogP contribution in [-0.2, 0) is 11.2 Å². The summed E-state index contributed by atoms with van der Waals surface area (Å²) in [7, 11) is 3.33. The average Bonchev–Trinajstić information content (AvgIpc) is 2.37. The molecule has 18 heavy (non-hydrogen) atoms. The Kier molecular flexibility index (Phi) is 6.05. The van der Waals surface area contributed by atoms with Gasteiger partial charge in [0.05, 0.1) is 19.1 Å². The molecule has 0 bridgehead atoms. The van der Waals surface area contributed by atoms with Crippen LogP contribution in [0.25, 0.3) is 0 Å². The molecule has 100 valence electrons. The molecule has 0 aliphatic rings. The Bertz CT molecular complexity index is 416. The number of benzene rings is 1. The maximum atomic E-state index is 11.0. The van der Waals surface area contributed by atoms with Gasteiger partial charge < -0.3 is 14.3 Å². The van der Waals surface area contributed by atoms with Gasteiger partial charge in [0.2, 0.25) is 0 Å². The number of hydrogen-bond acceptors (Lipinski definition) is 4. The van der Waals surface area contributed by atoms with E-state index >= 15 is 0 Å². The summed E-state index contributed by atoms with van der Waals surface area (Å²) < 4.78 is 10.8. The van der Waals surface area contributed by atoms with E-state index in [0.717, 1.165) is 34.8 Å². The van der Waals surface area contributed by atoms with Gasteiger partial charge in [-0.15, -0.1) is 11.8 Å². The molecule has 0 amide bonds. The first-order valence-corrected chi connectivity index (χ1v) is 7.13. The summed E-state index contributed by atoms with van der Waals surface area (Å²) >= 11 is 1.63. The minimum atomic E-state index is 0.224. The molecule has 4 heteroatoms. The summed E-state index contributed by atoms with van der Waals surface area (Å²) in [5, 5.41) is 0. The van der Waals surface area contributed by atoms with Crippen molar-refractivity contribution in [2.24, 2.45) is 0 Å². The van der Waals surface area contributed by atoms with Gasteiger partial charge in [0.1, 0.15) is 17.3 Å². The molecule has 0 heterocycles. The van der Waals surface area contributed by atoms with Crippen LogP contribution in [0.1, 0.15) is 25.3 Å². The molecule has 1 aromatic carbocycles. The Balaban J connectivity index is 2.91. The van der Waals surface area contributed by atoms with Crippen LogP contribution in [0, 0.1) is 0 Å². The molecule has 0 spiro atoms. The number of Topliss-reactive ketones (excluding diaryl/α,β-unsaturated/α-hetero) is 1. The molecule has 1 rings (SSSR count). The molecule has 0 aliphatic carbocycles. The van der Waals surface area contributed by atoms with Crippen molar-refractivity contribution in [3.8, 4) is 11.5 Å². The molecule has 0 saturated carbocycles. The summed E-state index contributed by atoms with van der Waals surface area (Å²) in [5.74, 6) is 1.95. The van der Waals surface area contributed by atoms with Crippen molar-refractivity contribution in [2.45, 2.75) is 31.1 Å². The minimum absolute atomic E-state index is 0.224. The predicted octanol–water partition coefficient (Wildman–Crippen LogP) is 3.34. The van der Waals surface area contributed by atoms with Crippen LogP contribution in [-0.4, -0.2) is 26.3 Å². The molecule has 0 aromatic heterocycles. The first-order chi connectivity index (χ1) is 8.62. The van der Waals surface area contributed by atoms with E-state index in [1.807, 2.05) is 18.4 Å². The predicted molar refractivity (Wildman–Crippen MR) is 74.9 cm³/mol. The van der Waals surface area contributed by atoms with Crippen LogP contribution in [0.2, 0.25) is 0 Å². The number of rotatable bonds is 7. The summed E-state index contributed by atoms with van der Waals surface area (Å²) in [6.07, 6.45) is 4.28. The van der Waals surface area contributed by atoms with Crippen molar-refractivity contribution in [1.82, 2.24) is 0 Å². The molecule has 0 fully saturated rings.